The van der Waals surface area contributed by atoms with Crippen molar-refractivity contribution < 1.29 is 9.53 Å². The van der Waals surface area contributed by atoms with Crippen LogP contribution in [0.2, 0.25) is 0 Å². The van der Waals surface area contributed by atoms with Gasteiger partial charge in [0.15, 0.2) is 0 Å². The average molecular weight is 266 g/mol. The Morgan fingerprint density at radius 1 is 1.11 bits per heavy atom. The SMILES string of the molecule is C=CC(=O)OCCCCCCCC1CCC(C)CC1. The smallest absolute Gasteiger partial charge is 0.330 e. The van der Waals surface area contributed by atoms with E-state index in [4.69, 9.17) is 4.74 Å². The minimum atomic E-state index is -0.300. The summed E-state index contributed by atoms with van der Waals surface area (Å²) in [5.41, 5.74) is 0. The fraction of sp³-hybridized carbons (Fsp3) is 0.824. The number of esters is 1. The summed E-state index contributed by atoms with van der Waals surface area (Å²) in [5.74, 6) is 1.67. The minimum absolute atomic E-state index is 0.300. The van der Waals surface area contributed by atoms with E-state index in [1.165, 1.54) is 63.9 Å². The predicted molar refractivity (Wildman–Crippen MR) is 80.0 cm³/mol. The maximum atomic E-state index is 10.8. The third kappa shape index (κ3) is 8.07. The molecule has 0 bridgehead atoms. The molecule has 2 nitrogen and oxygen atoms in total. The van der Waals surface area contributed by atoms with E-state index in [0.29, 0.717) is 6.61 Å². The Hall–Kier alpha value is -0.790. The van der Waals surface area contributed by atoms with Gasteiger partial charge in [-0.05, 0) is 18.3 Å². The summed E-state index contributed by atoms with van der Waals surface area (Å²) < 4.78 is 4.95. The Morgan fingerprint density at radius 3 is 2.42 bits per heavy atom. The second-order valence-corrected chi connectivity index (χ2v) is 6.05. The van der Waals surface area contributed by atoms with Gasteiger partial charge in [-0.3, -0.25) is 0 Å². The third-order valence-electron chi connectivity index (χ3n) is 4.30. The van der Waals surface area contributed by atoms with Gasteiger partial charge < -0.3 is 4.74 Å². The first-order valence-electron chi connectivity index (χ1n) is 8.01. The van der Waals surface area contributed by atoms with Crippen molar-refractivity contribution in [1.82, 2.24) is 0 Å². The number of rotatable bonds is 9. The highest BCUT2D eigenvalue weighted by Crippen LogP contribution is 2.31. The lowest BCUT2D eigenvalue weighted by molar-refractivity contribution is -0.137. The molecule has 1 aliphatic rings. The molecule has 0 aromatic rings. The summed E-state index contributed by atoms with van der Waals surface area (Å²) in [5, 5.41) is 0. The van der Waals surface area contributed by atoms with Gasteiger partial charge >= 0.3 is 5.97 Å². The lowest BCUT2D eigenvalue weighted by Gasteiger charge is -2.25. The van der Waals surface area contributed by atoms with Crippen LogP contribution in [-0.4, -0.2) is 12.6 Å². The van der Waals surface area contributed by atoms with Crippen LogP contribution in [-0.2, 0) is 9.53 Å². The van der Waals surface area contributed by atoms with Crippen LogP contribution < -0.4 is 0 Å². The van der Waals surface area contributed by atoms with Crippen molar-refractivity contribution >= 4 is 5.97 Å². The molecular formula is C17H30O2. The lowest BCUT2D eigenvalue weighted by Crippen LogP contribution is -2.12. The molecule has 1 rings (SSSR count). The molecule has 0 aromatic heterocycles. The third-order valence-corrected chi connectivity index (χ3v) is 4.30. The van der Waals surface area contributed by atoms with E-state index in [2.05, 4.69) is 13.5 Å². The van der Waals surface area contributed by atoms with Gasteiger partial charge in [-0.1, -0.05) is 71.3 Å². The summed E-state index contributed by atoms with van der Waals surface area (Å²) in [6, 6.07) is 0. The van der Waals surface area contributed by atoms with Gasteiger partial charge in [0.05, 0.1) is 6.61 Å². The normalized spacial score (nSPS) is 23.0. The predicted octanol–water partition coefficient (Wildman–Crippen LogP) is 4.88. The van der Waals surface area contributed by atoms with Crippen LogP contribution in [0.25, 0.3) is 0 Å². The van der Waals surface area contributed by atoms with Crippen molar-refractivity contribution in [3.8, 4) is 0 Å². The van der Waals surface area contributed by atoms with E-state index in [-0.39, 0.29) is 5.97 Å². The van der Waals surface area contributed by atoms with Crippen molar-refractivity contribution in [2.45, 2.75) is 71.1 Å². The molecule has 0 N–H and O–H groups in total. The number of hydrogen-bond acceptors (Lipinski definition) is 2. The summed E-state index contributed by atoms with van der Waals surface area (Å²) in [4.78, 5) is 10.8. The molecule has 0 aromatic carbocycles. The average Bonchev–Trinajstić information content (AvgIpc) is 2.43. The van der Waals surface area contributed by atoms with E-state index in [9.17, 15) is 4.79 Å². The fourth-order valence-electron chi connectivity index (χ4n) is 2.91. The zero-order valence-electron chi connectivity index (χ0n) is 12.5. The van der Waals surface area contributed by atoms with Gasteiger partial charge in [0.1, 0.15) is 0 Å². The molecule has 1 saturated carbocycles. The summed E-state index contributed by atoms with van der Waals surface area (Å²) >= 11 is 0. The molecule has 0 atom stereocenters. The zero-order chi connectivity index (χ0) is 13.9. The van der Waals surface area contributed by atoms with Crippen LogP contribution >= 0.6 is 0 Å². The topological polar surface area (TPSA) is 26.3 Å². The molecule has 0 amide bonds. The largest absolute Gasteiger partial charge is 0.463 e. The summed E-state index contributed by atoms with van der Waals surface area (Å²) in [6.07, 6.45) is 14.6. The second-order valence-electron chi connectivity index (χ2n) is 6.05. The Bertz CT molecular complexity index is 252. The van der Waals surface area contributed by atoms with Crippen molar-refractivity contribution in [3.63, 3.8) is 0 Å². The maximum absolute atomic E-state index is 10.8. The Balaban J connectivity index is 1.83. The maximum Gasteiger partial charge on any atom is 0.330 e. The van der Waals surface area contributed by atoms with Crippen LogP contribution in [0.3, 0.4) is 0 Å². The van der Waals surface area contributed by atoms with E-state index in [0.717, 1.165) is 18.3 Å². The number of ether oxygens (including phenoxy) is 1. The van der Waals surface area contributed by atoms with Crippen molar-refractivity contribution in [3.05, 3.63) is 12.7 Å². The van der Waals surface area contributed by atoms with Crippen LogP contribution in [0.1, 0.15) is 71.1 Å². The number of hydrogen-bond donors (Lipinski definition) is 0. The van der Waals surface area contributed by atoms with Crippen LogP contribution in [0.15, 0.2) is 12.7 Å². The van der Waals surface area contributed by atoms with Gasteiger partial charge in [0, 0.05) is 6.08 Å². The Kier molecular flexibility index (Phi) is 8.61. The molecule has 0 radical (unpaired) electrons. The van der Waals surface area contributed by atoms with Gasteiger partial charge in [-0.2, -0.15) is 0 Å². The van der Waals surface area contributed by atoms with Crippen LogP contribution in [0.5, 0.6) is 0 Å². The molecule has 0 unspecified atom stereocenters. The molecule has 1 fully saturated rings. The highest BCUT2D eigenvalue weighted by molar-refractivity contribution is 5.81. The second kappa shape index (κ2) is 10.1. The fourth-order valence-corrected chi connectivity index (χ4v) is 2.91. The van der Waals surface area contributed by atoms with Crippen LogP contribution in [0.4, 0.5) is 0 Å². The summed E-state index contributed by atoms with van der Waals surface area (Å²) in [6.45, 7) is 6.31. The van der Waals surface area contributed by atoms with Crippen molar-refractivity contribution in [2.75, 3.05) is 6.61 Å². The van der Waals surface area contributed by atoms with E-state index in [1.807, 2.05) is 0 Å². The number of unbranched alkanes of at least 4 members (excludes halogenated alkanes) is 4. The monoisotopic (exact) mass is 266 g/mol. The van der Waals surface area contributed by atoms with E-state index in [1.54, 1.807) is 0 Å². The molecule has 1 aliphatic carbocycles. The van der Waals surface area contributed by atoms with Crippen molar-refractivity contribution in [2.24, 2.45) is 11.8 Å². The molecule has 0 saturated heterocycles. The minimum Gasteiger partial charge on any atom is -0.463 e. The number of carbonyl (C=O) groups excluding carboxylic acids is 1. The molecule has 0 spiro atoms. The van der Waals surface area contributed by atoms with Crippen LogP contribution in [0, 0.1) is 11.8 Å². The van der Waals surface area contributed by atoms with Gasteiger partial charge in [-0.15, -0.1) is 0 Å². The van der Waals surface area contributed by atoms with Gasteiger partial charge in [-0.25, -0.2) is 4.79 Å². The van der Waals surface area contributed by atoms with E-state index >= 15 is 0 Å². The van der Waals surface area contributed by atoms with E-state index < -0.39 is 0 Å². The highest BCUT2D eigenvalue weighted by atomic mass is 16.5. The molecule has 0 heterocycles. The Labute approximate surface area is 118 Å². The first kappa shape index (κ1) is 16.3. The first-order valence-corrected chi connectivity index (χ1v) is 8.01. The molecular weight excluding hydrogens is 236 g/mol. The summed E-state index contributed by atoms with van der Waals surface area (Å²) in [7, 11) is 0. The molecule has 0 aliphatic heterocycles. The van der Waals surface area contributed by atoms with Gasteiger partial charge in [0.25, 0.3) is 0 Å². The Morgan fingerprint density at radius 2 is 1.74 bits per heavy atom. The first-order chi connectivity index (χ1) is 9.22. The highest BCUT2D eigenvalue weighted by Gasteiger charge is 2.17. The van der Waals surface area contributed by atoms with Gasteiger partial charge in [0.2, 0.25) is 0 Å². The molecule has 110 valence electrons. The molecule has 2 heteroatoms. The quantitative estimate of drug-likeness (QED) is 0.338. The zero-order valence-corrected chi connectivity index (χ0v) is 12.5. The number of carbonyl (C=O) groups is 1. The lowest BCUT2D eigenvalue weighted by atomic mass is 9.80. The molecule has 19 heavy (non-hydrogen) atoms. The standard InChI is InChI=1S/C17H30O2/c1-3-17(18)19-14-8-6-4-5-7-9-16-12-10-15(2)11-13-16/h3,15-16H,1,4-14H2,2H3. The van der Waals surface area contributed by atoms with Crippen molar-refractivity contribution in [1.29, 1.82) is 0 Å².